The van der Waals surface area contributed by atoms with Gasteiger partial charge in [-0.25, -0.2) is 0 Å². The molecule has 0 saturated heterocycles. The van der Waals surface area contributed by atoms with Crippen LogP contribution in [-0.4, -0.2) is 0 Å². The highest BCUT2D eigenvalue weighted by Gasteiger charge is 2.04. The van der Waals surface area contributed by atoms with Crippen LogP contribution >= 0.6 is 0 Å². The van der Waals surface area contributed by atoms with Crippen molar-refractivity contribution < 1.29 is 21.4 Å². The minimum atomic E-state index is 0. The first-order valence-electron chi connectivity index (χ1n) is 4.34. The Labute approximate surface area is 94.1 Å². The lowest BCUT2D eigenvalue weighted by atomic mass is 10.1. The summed E-state index contributed by atoms with van der Waals surface area (Å²) in [5, 5.41) is 0. The Morgan fingerprint density at radius 1 is 1.14 bits per heavy atom. The van der Waals surface area contributed by atoms with Gasteiger partial charge in [0.1, 0.15) is 0 Å². The van der Waals surface area contributed by atoms with Crippen molar-refractivity contribution >= 4 is 11.2 Å². The summed E-state index contributed by atoms with van der Waals surface area (Å²) in [4.78, 5) is 0. The fourth-order valence-corrected chi connectivity index (χ4v) is 1.43. The predicted molar refractivity (Wildman–Crippen MR) is 53.5 cm³/mol. The molecule has 0 radical (unpaired) electrons. The smallest absolute Gasteiger partial charge is 0.212 e. The van der Waals surface area contributed by atoms with Crippen molar-refractivity contribution in [2.45, 2.75) is 13.8 Å². The molecule has 2 N–H and O–H groups in total. The molecule has 0 unspecified atom stereocenters. The molecule has 0 spiro atoms. The second kappa shape index (κ2) is 3.96. The number of anilines is 1. The van der Waals surface area contributed by atoms with Gasteiger partial charge in [0, 0.05) is 29.4 Å². The first-order valence-corrected chi connectivity index (χ1v) is 4.34. The van der Waals surface area contributed by atoms with E-state index in [0.29, 0.717) is 0 Å². The van der Waals surface area contributed by atoms with Crippen LogP contribution < -0.4 is 27.1 Å². The molecule has 0 aliphatic rings. The van der Waals surface area contributed by atoms with Gasteiger partial charge >= 0.3 is 0 Å². The molecule has 0 saturated carbocycles. The van der Waals surface area contributed by atoms with Crippen molar-refractivity contribution in [1.82, 2.24) is 0 Å². The highest BCUT2D eigenvalue weighted by atomic mass is 79.9. The molecule has 14 heavy (non-hydrogen) atoms. The number of fused-ring (bicyclic) bond motifs is 1. The molecule has 0 aromatic carbocycles. The summed E-state index contributed by atoms with van der Waals surface area (Å²) in [7, 11) is 0. The zero-order valence-electron chi connectivity index (χ0n) is 8.29. The molecule has 0 aliphatic heterocycles. The van der Waals surface area contributed by atoms with Crippen LogP contribution in [0.25, 0.3) is 5.52 Å². The van der Waals surface area contributed by atoms with Crippen molar-refractivity contribution in [3.63, 3.8) is 0 Å². The van der Waals surface area contributed by atoms with Gasteiger partial charge in [-0.1, -0.05) is 0 Å². The lowest BCUT2D eigenvalue weighted by Gasteiger charge is -1.98. The monoisotopic (exact) mass is 252 g/mol. The van der Waals surface area contributed by atoms with E-state index in [1.54, 1.807) is 0 Å². The van der Waals surface area contributed by atoms with E-state index in [0.717, 1.165) is 11.2 Å². The Hall–Kier alpha value is -1.09. The Morgan fingerprint density at radius 3 is 2.57 bits per heavy atom. The standard InChI is InChI=1S/C11H12N2.BrH/c1-8-5-11-6-10(12)3-4-13(11)7-9(8)2;/h3-7,12H,1-2H3;1H. The van der Waals surface area contributed by atoms with Crippen molar-refractivity contribution in [1.29, 1.82) is 0 Å². The average molecular weight is 253 g/mol. The Bertz CT molecular complexity index is 466. The first kappa shape index (κ1) is 11.0. The Kier molecular flexibility index (Phi) is 3.11. The Morgan fingerprint density at radius 2 is 1.86 bits per heavy atom. The number of nitrogen functional groups attached to an aromatic ring is 1. The maximum absolute atomic E-state index is 5.70. The van der Waals surface area contributed by atoms with Gasteiger partial charge in [0.05, 0.1) is 0 Å². The van der Waals surface area contributed by atoms with Gasteiger partial charge in [-0.15, -0.1) is 0 Å². The SMILES string of the molecule is Cc1cc2cc(N)cc[n+]2cc1C.[Br-]. The van der Waals surface area contributed by atoms with E-state index < -0.39 is 0 Å². The summed E-state index contributed by atoms with van der Waals surface area (Å²) < 4.78 is 2.08. The van der Waals surface area contributed by atoms with Crippen LogP contribution in [0.1, 0.15) is 11.1 Å². The lowest BCUT2D eigenvalue weighted by Crippen LogP contribution is -3.00. The number of rotatable bonds is 0. The van der Waals surface area contributed by atoms with E-state index in [-0.39, 0.29) is 17.0 Å². The van der Waals surface area contributed by atoms with E-state index in [1.165, 1.54) is 11.1 Å². The summed E-state index contributed by atoms with van der Waals surface area (Å²) >= 11 is 0. The van der Waals surface area contributed by atoms with Crippen LogP contribution in [0, 0.1) is 13.8 Å². The average Bonchev–Trinajstić information content (AvgIpc) is 2.08. The van der Waals surface area contributed by atoms with Crippen LogP contribution in [-0.2, 0) is 0 Å². The largest absolute Gasteiger partial charge is 1.00 e. The van der Waals surface area contributed by atoms with Crippen LogP contribution in [0.15, 0.2) is 30.6 Å². The second-order valence-electron chi connectivity index (χ2n) is 3.43. The minimum absolute atomic E-state index is 0. The molecule has 3 heteroatoms. The van der Waals surface area contributed by atoms with Gasteiger partial charge in [0.15, 0.2) is 12.4 Å². The summed E-state index contributed by atoms with van der Waals surface area (Å²) in [6, 6.07) is 6.03. The molecule has 0 fully saturated rings. The van der Waals surface area contributed by atoms with Gasteiger partial charge < -0.3 is 22.7 Å². The van der Waals surface area contributed by atoms with Crippen molar-refractivity contribution in [3.05, 3.63) is 41.7 Å². The number of halogens is 1. The van der Waals surface area contributed by atoms with E-state index >= 15 is 0 Å². The van der Waals surface area contributed by atoms with E-state index in [1.807, 2.05) is 18.3 Å². The molecular weight excluding hydrogens is 240 g/mol. The van der Waals surface area contributed by atoms with Gasteiger partial charge in [0.25, 0.3) is 0 Å². The fraction of sp³-hybridized carbons (Fsp3) is 0.182. The predicted octanol–water partition coefficient (Wildman–Crippen LogP) is -1.37. The second-order valence-corrected chi connectivity index (χ2v) is 3.43. The van der Waals surface area contributed by atoms with Gasteiger partial charge in [-0.05, 0) is 19.4 Å². The molecule has 2 aromatic rings. The summed E-state index contributed by atoms with van der Waals surface area (Å²) in [5.41, 5.74) is 10.2. The number of hydrogen-bond donors (Lipinski definition) is 1. The van der Waals surface area contributed by atoms with Gasteiger partial charge in [0.2, 0.25) is 5.52 Å². The number of aromatic nitrogens is 1. The third-order valence-corrected chi connectivity index (χ3v) is 2.36. The number of nitrogens with zero attached hydrogens (tertiary/aromatic N) is 1. The normalized spacial score (nSPS) is 9.86. The van der Waals surface area contributed by atoms with Crippen molar-refractivity contribution in [2.75, 3.05) is 5.73 Å². The van der Waals surface area contributed by atoms with Crippen molar-refractivity contribution in [2.24, 2.45) is 0 Å². The summed E-state index contributed by atoms with van der Waals surface area (Å²) in [6.45, 7) is 4.22. The van der Waals surface area contributed by atoms with Crippen LogP contribution in [0.5, 0.6) is 0 Å². The molecular formula is C11H13BrN2. The maximum atomic E-state index is 5.70. The van der Waals surface area contributed by atoms with Crippen LogP contribution in [0.3, 0.4) is 0 Å². The zero-order chi connectivity index (χ0) is 9.42. The molecule has 2 heterocycles. The zero-order valence-corrected chi connectivity index (χ0v) is 9.88. The molecule has 0 aliphatic carbocycles. The van der Waals surface area contributed by atoms with Crippen molar-refractivity contribution in [3.8, 4) is 0 Å². The quantitative estimate of drug-likeness (QED) is 0.577. The summed E-state index contributed by atoms with van der Waals surface area (Å²) in [5.74, 6) is 0. The van der Waals surface area contributed by atoms with E-state index in [9.17, 15) is 0 Å². The molecule has 0 bridgehead atoms. The third kappa shape index (κ3) is 1.87. The highest BCUT2D eigenvalue weighted by molar-refractivity contribution is 5.52. The third-order valence-electron chi connectivity index (χ3n) is 2.36. The lowest BCUT2D eigenvalue weighted by molar-refractivity contribution is -0.512. The van der Waals surface area contributed by atoms with Crippen LogP contribution in [0.2, 0.25) is 0 Å². The number of hydrogen-bond acceptors (Lipinski definition) is 1. The number of aryl methyl sites for hydroxylation is 2. The molecule has 74 valence electrons. The van der Waals surface area contributed by atoms with E-state index in [4.69, 9.17) is 5.73 Å². The first-order chi connectivity index (χ1) is 6.16. The minimum Gasteiger partial charge on any atom is -1.00 e. The Balaban J connectivity index is 0.000000980. The molecule has 2 aromatic heterocycles. The van der Waals surface area contributed by atoms with Crippen LogP contribution in [0.4, 0.5) is 5.69 Å². The highest BCUT2D eigenvalue weighted by Crippen LogP contribution is 2.08. The molecule has 2 rings (SSSR count). The number of nitrogens with two attached hydrogens (primary N) is 1. The van der Waals surface area contributed by atoms with Gasteiger partial charge in [-0.3, -0.25) is 0 Å². The molecule has 0 amide bonds. The number of pyridine rings is 2. The topological polar surface area (TPSA) is 30.1 Å². The summed E-state index contributed by atoms with van der Waals surface area (Å²) in [6.07, 6.45) is 4.10. The molecule has 0 atom stereocenters. The fourth-order valence-electron chi connectivity index (χ4n) is 1.43. The maximum Gasteiger partial charge on any atom is 0.212 e. The molecule has 2 nitrogen and oxygen atoms in total. The van der Waals surface area contributed by atoms with E-state index in [2.05, 4.69) is 30.5 Å². The van der Waals surface area contributed by atoms with Gasteiger partial charge in [-0.2, -0.15) is 4.40 Å².